The van der Waals surface area contributed by atoms with Crippen molar-refractivity contribution in [2.24, 2.45) is 40.6 Å². The first-order chi connectivity index (χ1) is 16.1. The molecule has 33 heavy (non-hydrogen) atoms. The van der Waals surface area contributed by atoms with Crippen LogP contribution in [0, 0.1) is 42.4 Å². The Labute approximate surface area is 190 Å². The van der Waals surface area contributed by atoms with Crippen LogP contribution in [-0.4, -0.2) is 32.8 Å². The second-order valence-corrected chi connectivity index (χ2v) is 9.51. The van der Waals surface area contributed by atoms with Crippen molar-refractivity contribution in [1.29, 1.82) is 0 Å². The van der Waals surface area contributed by atoms with Gasteiger partial charge in [-0.1, -0.05) is 30.4 Å². The van der Waals surface area contributed by atoms with E-state index in [0.29, 0.717) is 28.9 Å². The average Bonchev–Trinajstić information content (AvgIpc) is 3.30. The van der Waals surface area contributed by atoms with Gasteiger partial charge in [0, 0.05) is 11.8 Å². The van der Waals surface area contributed by atoms with Crippen molar-refractivity contribution in [3.05, 3.63) is 72.1 Å². The van der Waals surface area contributed by atoms with E-state index in [1.165, 1.54) is 0 Å². The van der Waals surface area contributed by atoms with Gasteiger partial charge in [0.15, 0.2) is 5.76 Å². The molecule has 3 fully saturated rings. The molecule has 0 N–H and O–H groups in total. The number of hydrazone groups is 1. The summed E-state index contributed by atoms with van der Waals surface area (Å²) >= 11 is 0. The summed E-state index contributed by atoms with van der Waals surface area (Å²) in [5, 5.41) is 10.2. The minimum atomic E-state index is -0.257. The smallest absolute Gasteiger partial charge is 0.254 e. The molecule has 4 aliphatic carbocycles. The first-order valence-electron chi connectivity index (χ1n) is 11.4. The molecule has 8 rings (SSSR count). The van der Waals surface area contributed by atoms with Gasteiger partial charge in [-0.25, -0.2) is 4.68 Å². The Morgan fingerprint density at radius 2 is 1.70 bits per heavy atom. The van der Waals surface area contributed by atoms with Crippen LogP contribution in [0.3, 0.4) is 0 Å². The van der Waals surface area contributed by atoms with E-state index in [-0.39, 0.29) is 35.5 Å². The number of allylic oxidation sites excluding steroid dienone is 2. The van der Waals surface area contributed by atoms with Crippen LogP contribution in [0.2, 0.25) is 0 Å². The molecule has 2 aromatic heterocycles. The second kappa shape index (κ2) is 6.63. The molecule has 7 nitrogen and oxygen atoms in total. The summed E-state index contributed by atoms with van der Waals surface area (Å²) in [5.41, 5.74) is 2.17. The minimum Gasteiger partial charge on any atom is -0.460 e. The number of nitrogens with zero attached hydrogens (tertiary/aromatic N) is 4. The van der Waals surface area contributed by atoms with E-state index < -0.39 is 0 Å². The summed E-state index contributed by atoms with van der Waals surface area (Å²) < 4.78 is 7.56. The van der Waals surface area contributed by atoms with Gasteiger partial charge in [0.2, 0.25) is 0 Å². The Bertz CT molecular complexity index is 1310. The third-order valence-corrected chi connectivity index (χ3v) is 7.69. The fraction of sp³-hybridized carbons (Fsp3) is 0.308. The SMILES string of the molecule is Cc1ccc(-c2nn(-c3ccccc3)cc2/C=N\N2C(=O)[C@@H]3[C@H]4C=C[C@@H]([C@@H]5C[C@H]45)[C@H]3C2=O)o1. The maximum Gasteiger partial charge on any atom is 0.254 e. The summed E-state index contributed by atoms with van der Waals surface area (Å²) in [7, 11) is 0. The number of carbonyl (C=O) groups excluding carboxylic acids is 2. The summed E-state index contributed by atoms with van der Waals surface area (Å²) in [5.74, 6) is 2.04. The second-order valence-electron chi connectivity index (χ2n) is 9.51. The third-order valence-electron chi connectivity index (χ3n) is 7.69. The number of aromatic nitrogens is 2. The van der Waals surface area contributed by atoms with Crippen LogP contribution in [0.5, 0.6) is 0 Å². The zero-order valence-corrected chi connectivity index (χ0v) is 18.0. The third kappa shape index (κ3) is 2.68. The van der Waals surface area contributed by atoms with Crippen molar-refractivity contribution in [3.63, 3.8) is 0 Å². The molecule has 2 amide bonds. The quantitative estimate of drug-likeness (QED) is 0.352. The molecule has 1 aliphatic heterocycles. The number of aryl methyl sites for hydroxylation is 1. The topological polar surface area (TPSA) is 80.7 Å². The number of carbonyl (C=O) groups is 2. The fourth-order valence-corrected chi connectivity index (χ4v) is 6.12. The van der Waals surface area contributed by atoms with E-state index in [2.05, 4.69) is 17.3 Å². The number of para-hydroxylation sites is 1. The predicted molar refractivity (Wildman–Crippen MR) is 120 cm³/mol. The van der Waals surface area contributed by atoms with Gasteiger partial charge in [-0.3, -0.25) is 9.59 Å². The number of imide groups is 1. The van der Waals surface area contributed by atoms with Crippen molar-refractivity contribution < 1.29 is 14.0 Å². The van der Waals surface area contributed by atoms with Crippen molar-refractivity contribution >= 4 is 18.0 Å². The molecule has 7 heteroatoms. The normalized spacial score (nSPS) is 31.5. The van der Waals surface area contributed by atoms with Gasteiger partial charge in [0.1, 0.15) is 11.5 Å². The van der Waals surface area contributed by atoms with Crippen molar-refractivity contribution in [2.75, 3.05) is 0 Å². The number of amides is 2. The maximum absolute atomic E-state index is 13.2. The van der Waals surface area contributed by atoms with Crippen LogP contribution < -0.4 is 0 Å². The number of hydrogen-bond donors (Lipinski definition) is 0. The highest BCUT2D eigenvalue weighted by Gasteiger charge is 2.67. The van der Waals surface area contributed by atoms with E-state index in [1.807, 2.05) is 55.6 Å². The molecule has 1 aromatic carbocycles. The predicted octanol–water partition coefficient (Wildman–Crippen LogP) is 3.83. The van der Waals surface area contributed by atoms with E-state index in [1.54, 1.807) is 10.9 Å². The molecular formula is C26H22N4O3. The Morgan fingerprint density at radius 1 is 1.00 bits per heavy atom. The highest BCUT2D eigenvalue weighted by molar-refractivity contribution is 6.06. The number of hydrogen-bond acceptors (Lipinski definition) is 5. The summed E-state index contributed by atoms with van der Waals surface area (Å²) in [4.78, 5) is 26.5. The van der Waals surface area contributed by atoms with E-state index >= 15 is 0 Å². The summed E-state index contributed by atoms with van der Waals surface area (Å²) in [6.45, 7) is 1.88. The van der Waals surface area contributed by atoms with Gasteiger partial charge in [0.05, 0.1) is 23.7 Å². The van der Waals surface area contributed by atoms with Crippen molar-refractivity contribution in [2.45, 2.75) is 13.3 Å². The lowest BCUT2D eigenvalue weighted by Gasteiger charge is -2.37. The molecule has 2 bridgehead atoms. The molecule has 2 saturated carbocycles. The molecule has 3 heterocycles. The lowest BCUT2D eigenvalue weighted by molar-refractivity contribution is -0.140. The highest BCUT2D eigenvalue weighted by Crippen LogP contribution is 2.65. The Kier molecular flexibility index (Phi) is 3.78. The Hall–Kier alpha value is -3.74. The van der Waals surface area contributed by atoms with E-state index in [4.69, 9.17) is 9.52 Å². The first-order valence-corrected chi connectivity index (χ1v) is 11.4. The lowest BCUT2D eigenvalue weighted by atomic mass is 9.63. The monoisotopic (exact) mass is 438 g/mol. The summed E-state index contributed by atoms with van der Waals surface area (Å²) in [6.07, 6.45) is 8.87. The van der Waals surface area contributed by atoms with Gasteiger partial charge in [-0.05, 0) is 61.3 Å². The van der Waals surface area contributed by atoms with E-state index in [0.717, 1.165) is 22.9 Å². The molecule has 0 spiro atoms. The van der Waals surface area contributed by atoms with Gasteiger partial charge in [-0.15, -0.1) is 0 Å². The summed E-state index contributed by atoms with van der Waals surface area (Å²) in [6, 6.07) is 13.5. The molecule has 5 aliphatic rings. The maximum atomic E-state index is 13.2. The Morgan fingerprint density at radius 3 is 2.33 bits per heavy atom. The molecule has 3 aromatic rings. The molecule has 1 saturated heterocycles. The molecule has 6 atom stereocenters. The zero-order valence-electron chi connectivity index (χ0n) is 18.0. The van der Waals surface area contributed by atoms with Crippen LogP contribution in [-0.2, 0) is 9.59 Å². The molecule has 0 radical (unpaired) electrons. The van der Waals surface area contributed by atoms with Crippen LogP contribution >= 0.6 is 0 Å². The molecule has 0 unspecified atom stereocenters. The van der Waals surface area contributed by atoms with Gasteiger partial charge in [0.25, 0.3) is 11.8 Å². The largest absolute Gasteiger partial charge is 0.460 e. The fourth-order valence-electron chi connectivity index (χ4n) is 6.12. The molecule has 164 valence electrons. The van der Waals surface area contributed by atoms with Crippen molar-refractivity contribution in [1.82, 2.24) is 14.8 Å². The number of furan rings is 1. The van der Waals surface area contributed by atoms with Gasteiger partial charge < -0.3 is 4.42 Å². The van der Waals surface area contributed by atoms with Crippen molar-refractivity contribution in [3.8, 4) is 17.1 Å². The van der Waals surface area contributed by atoms with E-state index in [9.17, 15) is 9.59 Å². The van der Waals surface area contributed by atoms with Gasteiger partial charge >= 0.3 is 0 Å². The number of rotatable bonds is 4. The average molecular weight is 438 g/mol. The van der Waals surface area contributed by atoms with Crippen LogP contribution in [0.1, 0.15) is 17.7 Å². The van der Waals surface area contributed by atoms with Gasteiger partial charge in [-0.2, -0.15) is 15.2 Å². The first kappa shape index (κ1) is 18.8. The zero-order chi connectivity index (χ0) is 22.3. The van der Waals surface area contributed by atoms with Crippen LogP contribution in [0.15, 0.2) is 70.3 Å². The minimum absolute atomic E-state index is 0.170. The standard InChI is InChI=1S/C26H22N4O3/c1-14-7-10-21(33-14)24-15(13-29(28-24)16-5-3-2-4-6-16)12-27-30-25(31)22-17-8-9-18(20-11-19(17)20)23(22)26(30)32/h2-10,12-13,17-20,22-23H,11H2,1H3/b27-12-/t17-,18-,19-,20+,22+,23+/m0/s1. The van der Waals surface area contributed by atoms with Crippen LogP contribution in [0.4, 0.5) is 0 Å². The Balaban J connectivity index is 1.25. The molecular weight excluding hydrogens is 416 g/mol. The highest BCUT2D eigenvalue weighted by atomic mass is 16.3. The number of benzene rings is 1. The lowest BCUT2D eigenvalue weighted by Crippen LogP contribution is -2.40. The van der Waals surface area contributed by atoms with Crippen LogP contribution in [0.25, 0.3) is 17.1 Å².